The van der Waals surface area contributed by atoms with E-state index in [1.54, 1.807) is 12.1 Å². The monoisotopic (exact) mass is 349 g/mol. The third-order valence-corrected chi connectivity index (χ3v) is 4.05. The first kappa shape index (κ1) is 19.2. The summed E-state index contributed by atoms with van der Waals surface area (Å²) in [6, 6.07) is 6.19. The van der Waals surface area contributed by atoms with Crippen LogP contribution < -0.4 is 9.47 Å². The minimum Gasteiger partial charge on any atom is -0.494 e. The molecule has 5 heteroatoms. The van der Waals surface area contributed by atoms with E-state index >= 15 is 0 Å². The molecule has 0 radical (unpaired) electrons. The lowest BCUT2D eigenvalue weighted by atomic mass is 10.1. The Balaban J connectivity index is 1.89. The smallest absolute Gasteiger partial charge is 0.201 e. The molecule has 1 aromatic heterocycles. The maximum absolute atomic E-state index is 14.1. The van der Waals surface area contributed by atoms with Gasteiger partial charge in [-0.25, -0.2) is 4.39 Å². The molecule has 0 bridgehead atoms. The third kappa shape index (κ3) is 5.41. The van der Waals surface area contributed by atoms with E-state index in [0.29, 0.717) is 18.1 Å². The first-order valence-electron chi connectivity index (χ1n) is 8.78. The maximum atomic E-state index is 14.1. The molecule has 25 heavy (non-hydrogen) atoms. The highest BCUT2D eigenvalue weighted by Crippen LogP contribution is 2.29. The van der Waals surface area contributed by atoms with Crippen molar-refractivity contribution in [3.63, 3.8) is 0 Å². The number of unbranched alkanes of at least 4 members (excludes halogenated alkanes) is 5. The van der Waals surface area contributed by atoms with Crippen LogP contribution in [0.15, 0.2) is 30.5 Å². The first-order valence-corrected chi connectivity index (χ1v) is 8.78. The second-order valence-electron chi connectivity index (χ2n) is 5.94. The molecular weight excluding hydrogens is 324 g/mol. The number of aromatic nitrogens is 1. The molecule has 0 spiro atoms. The van der Waals surface area contributed by atoms with E-state index < -0.39 is 11.6 Å². The highest BCUT2D eigenvalue weighted by molar-refractivity contribution is 5.61. The molecule has 0 amide bonds. The van der Waals surface area contributed by atoms with Gasteiger partial charge < -0.3 is 9.47 Å². The van der Waals surface area contributed by atoms with E-state index in [1.165, 1.54) is 51.1 Å². The third-order valence-electron chi connectivity index (χ3n) is 4.05. The van der Waals surface area contributed by atoms with Crippen LogP contribution in [0.5, 0.6) is 11.5 Å². The molecule has 1 aromatic carbocycles. The molecule has 0 aliphatic carbocycles. The van der Waals surface area contributed by atoms with Gasteiger partial charge in [0.25, 0.3) is 0 Å². The number of hydrogen-bond donors (Lipinski definition) is 0. The molecule has 0 saturated carbocycles. The van der Waals surface area contributed by atoms with Gasteiger partial charge >= 0.3 is 0 Å². The van der Waals surface area contributed by atoms with Crippen LogP contribution in [-0.2, 0) is 0 Å². The fraction of sp³-hybridized carbons (Fsp3) is 0.450. The molecule has 0 atom stereocenters. The van der Waals surface area contributed by atoms with Crippen LogP contribution in [-0.4, -0.2) is 18.7 Å². The van der Waals surface area contributed by atoms with Gasteiger partial charge in [-0.2, -0.15) is 4.39 Å². The predicted molar refractivity (Wildman–Crippen MR) is 95.0 cm³/mol. The van der Waals surface area contributed by atoms with Crippen LogP contribution in [0.1, 0.15) is 45.4 Å². The van der Waals surface area contributed by atoms with Crippen molar-refractivity contribution in [2.24, 2.45) is 0 Å². The van der Waals surface area contributed by atoms with Crippen LogP contribution in [0.2, 0.25) is 0 Å². The molecule has 0 saturated heterocycles. The van der Waals surface area contributed by atoms with Crippen LogP contribution >= 0.6 is 0 Å². The van der Waals surface area contributed by atoms with Crippen LogP contribution in [0.4, 0.5) is 8.78 Å². The van der Waals surface area contributed by atoms with Crippen molar-refractivity contribution in [3.8, 4) is 22.8 Å². The molecule has 136 valence electrons. The van der Waals surface area contributed by atoms with Crippen molar-refractivity contribution < 1.29 is 18.3 Å². The van der Waals surface area contributed by atoms with Gasteiger partial charge in [0.05, 0.1) is 25.6 Å². The van der Waals surface area contributed by atoms with Crippen LogP contribution in [0.25, 0.3) is 11.3 Å². The van der Waals surface area contributed by atoms with E-state index in [4.69, 9.17) is 9.47 Å². The molecule has 3 nitrogen and oxygen atoms in total. The lowest BCUT2D eigenvalue weighted by Gasteiger charge is -2.09. The minimum atomic E-state index is -1.01. The number of nitrogens with zero attached hydrogens (tertiary/aromatic N) is 1. The molecule has 2 aromatic rings. The van der Waals surface area contributed by atoms with E-state index in [9.17, 15) is 8.78 Å². The highest BCUT2D eigenvalue weighted by Gasteiger charge is 2.16. The average molecular weight is 349 g/mol. The zero-order valence-electron chi connectivity index (χ0n) is 14.9. The van der Waals surface area contributed by atoms with Crippen molar-refractivity contribution in [3.05, 3.63) is 42.1 Å². The fourth-order valence-electron chi connectivity index (χ4n) is 2.58. The van der Waals surface area contributed by atoms with Gasteiger partial charge in [-0.1, -0.05) is 39.0 Å². The minimum absolute atomic E-state index is 0.0979. The Bertz CT molecular complexity index is 659. The van der Waals surface area contributed by atoms with E-state index in [1.807, 2.05) is 0 Å². The molecular formula is C20H25F2NO2. The number of methoxy groups -OCH3 is 1. The summed E-state index contributed by atoms with van der Waals surface area (Å²) < 4.78 is 38.3. The maximum Gasteiger partial charge on any atom is 0.201 e. The van der Waals surface area contributed by atoms with Crippen molar-refractivity contribution in [1.29, 1.82) is 0 Å². The Labute approximate surface area is 148 Å². The van der Waals surface area contributed by atoms with Crippen molar-refractivity contribution >= 4 is 0 Å². The van der Waals surface area contributed by atoms with E-state index in [0.717, 1.165) is 12.8 Å². The molecule has 0 fully saturated rings. The SMILES string of the molecule is CCCCCCCCOc1ccc(-c2ccc(OC)c(F)c2F)nc1. The van der Waals surface area contributed by atoms with E-state index in [-0.39, 0.29) is 11.3 Å². The normalized spacial score (nSPS) is 10.7. The summed E-state index contributed by atoms with van der Waals surface area (Å²) in [4.78, 5) is 4.17. The van der Waals surface area contributed by atoms with E-state index in [2.05, 4.69) is 11.9 Å². The molecule has 0 aliphatic rings. The largest absolute Gasteiger partial charge is 0.494 e. The summed E-state index contributed by atoms with van der Waals surface area (Å²) in [6.45, 7) is 2.84. The second-order valence-corrected chi connectivity index (χ2v) is 5.94. The highest BCUT2D eigenvalue weighted by atomic mass is 19.2. The number of ether oxygens (including phenoxy) is 2. The summed E-state index contributed by atoms with van der Waals surface area (Å²) in [7, 11) is 1.30. The number of halogens is 2. The number of hydrogen-bond acceptors (Lipinski definition) is 3. The average Bonchev–Trinajstić information content (AvgIpc) is 2.64. The number of rotatable bonds is 10. The van der Waals surface area contributed by atoms with Gasteiger partial charge in [0.1, 0.15) is 5.75 Å². The summed E-state index contributed by atoms with van der Waals surface area (Å²) in [5.74, 6) is -1.47. The first-order chi connectivity index (χ1) is 12.2. The van der Waals surface area contributed by atoms with Crippen LogP contribution in [0, 0.1) is 11.6 Å². The van der Waals surface area contributed by atoms with Gasteiger partial charge in [-0.05, 0) is 30.7 Å². The van der Waals surface area contributed by atoms with Crippen molar-refractivity contribution in [2.45, 2.75) is 45.4 Å². The second kappa shape index (κ2) is 9.97. The zero-order valence-corrected chi connectivity index (χ0v) is 14.9. The Morgan fingerprint density at radius 2 is 1.68 bits per heavy atom. The van der Waals surface area contributed by atoms with Crippen molar-refractivity contribution in [1.82, 2.24) is 4.98 Å². The Kier molecular flexibility index (Phi) is 7.64. The van der Waals surface area contributed by atoms with Gasteiger partial charge in [0.15, 0.2) is 11.6 Å². The Morgan fingerprint density at radius 1 is 0.920 bits per heavy atom. The van der Waals surface area contributed by atoms with Gasteiger partial charge in [0.2, 0.25) is 5.82 Å². The quantitative estimate of drug-likeness (QED) is 0.510. The number of benzene rings is 1. The standard InChI is InChI=1S/C20H25F2NO2/c1-3-4-5-6-7-8-13-25-15-9-11-17(23-14-15)16-10-12-18(24-2)20(22)19(16)21/h9-12,14H,3-8,13H2,1-2H3. The molecule has 0 unspecified atom stereocenters. The predicted octanol–water partition coefficient (Wildman–Crippen LogP) is 5.77. The Hall–Kier alpha value is -2.17. The molecule has 2 rings (SSSR count). The number of pyridine rings is 1. The lowest BCUT2D eigenvalue weighted by molar-refractivity contribution is 0.303. The lowest BCUT2D eigenvalue weighted by Crippen LogP contribution is -1.99. The molecule has 0 aliphatic heterocycles. The zero-order chi connectivity index (χ0) is 18.1. The van der Waals surface area contributed by atoms with Crippen LogP contribution in [0.3, 0.4) is 0 Å². The van der Waals surface area contributed by atoms with Crippen molar-refractivity contribution in [2.75, 3.05) is 13.7 Å². The molecule has 0 N–H and O–H groups in total. The van der Waals surface area contributed by atoms with Gasteiger partial charge in [-0.15, -0.1) is 0 Å². The van der Waals surface area contributed by atoms with Gasteiger partial charge in [0, 0.05) is 5.56 Å². The molecule has 1 heterocycles. The topological polar surface area (TPSA) is 31.4 Å². The Morgan fingerprint density at radius 3 is 2.36 bits per heavy atom. The summed E-state index contributed by atoms with van der Waals surface area (Å²) >= 11 is 0. The summed E-state index contributed by atoms with van der Waals surface area (Å²) in [6.07, 6.45) is 8.73. The summed E-state index contributed by atoms with van der Waals surface area (Å²) in [5.41, 5.74) is 0.451. The van der Waals surface area contributed by atoms with Gasteiger partial charge in [-0.3, -0.25) is 4.98 Å². The summed E-state index contributed by atoms with van der Waals surface area (Å²) in [5, 5.41) is 0. The fourth-order valence-corrected chi connectivity index (χ4v) is 2.58.